The van der Waals surface area contributed by atoms with Crippen LogP contribution < -0.4 is 11.1 Å². The Labute approximate surface area is 109 Å². The minimum atomic E-state index is 0.139. The van der Waals surface area contributed by atoms with Crippen molar-refractivity contribution in [2.45, 2.75) is 6.92 Å². The number of anilines is 3. The molecule has 0 aliphatic carbocycles. The quantitative estimate of drug-likeness (QED) is 0.820. The van der Waals surface area contributed by atoms with Crippen molar-refractivity contribution in [1.82, 2.24) is 9.97 Å². The van der Waals surface area contributed by atoms with Gasteiger partial charge >= 0.3 is 0 Å². The van der Waals surface area contributed by atoms with Gasteiger partial charge < -0.3 is 11.1 Å². The van der Waals surface area contributed by atoms with Crippen molar-refractivity contribution < 1.29 is 0 Å². The molecule has 2 aromatic rings. The van der Waals surface area contributed by atoms with E-state index < -0.39 is 0 Å². The number of halogens is 2. The van der Waals surface area contributed by atoms with Crippen LogP contribution in [0.25, 0.3) is 0 Å². The molecular weight excluding hydrogens is 259 g/mol. The lowest BCUT2D eigenvalue weighted by atomic mass is 10.2. The van der Waals surface area contributed by atoms with Crippen LogP contribution in [0.3, 0.4) is 0 Å². The molecule has 6 heteroatoms. The van der Waals surface area contributed by atoms with E-state index in [9.17, 15) is 0 Å². The lowest BCUT2D eigenvalue weighted by molar-refractivity contribution is 1.17. The van der Waals surface area contributed by atoms with Crippen molar-refractivity contribution in [1.29, 1.82) is 0 Å². The van der Waals surface area contributed by atoms with Crippen LogP contribution in [0.5, 0.6) is 0 Å². The van der Waals surface area contributed by atoms with E-state index in [-0.39, 0.29) is 5.28 Å². The number of nitrogens with two attached hydrogens (primary N) is 1. The maximum absolute atomic E-state index is 6.02. The molecule has 4 nitrogen and oxygen atoms in total. The lowest BCUT2D eigenvalue weighted by Gasteiger charge is -2.09. The van der Waals surface area contributed by atoms with Gasteiger partial charge in [0.1, 0.15) is 0 Å². The molecule has 0 fully saturated rings. The van der Waals surface area contributed by atoms with Gasteiger partial charge in [-0.1, -0.05) is 17.7 Å². The van der Waals surface area contributed by atoms with Crippen molar-refractivity contribution >= 4 is 40.4 Å². The Morgan fingerprint density at radius 2 is 2.06 bits per heavy atom. The summed E-state index contributed by atoms with van der Waals surface area (Å²) in [5.74, 6) is 0.463. The predicted octanol–water partition coefficient (Wildman–Crippen LogP) is 3.42. The van der Waals surface area contributed by atoms with Gasteiger partial charge in [-0.05, 0) is 36.2 Å². The molecule has 0 unspecified atom stereocenters. The number of aromatic nitrogens is 2. The van der Waals surface area contributed by atoms with Crippen LogP contribution in [0.2, 0.25) is 10.3 Å². The van der Waals surface area contributed by atoms with Crippen molar-refractivity contribution in [3.05, 3.63) is 40.3 Å². The summed E-state index contributed by atoms with van der Waals surface area (Å²) in [5, 5.41) is 3.85. The van der Waals surface area contributed by atoms with Crippen molar-refractivity contribution in [2.75, 3.05) is 11.1 Å². The molecule has 0 aliphatic heterocycles. The maximum atomic E-state index is 6.02. The summed E-state index contributed by atoms with van der Waals surface area (Å²) < 4.78 is 0. The molecule has 0 atom stereocenters. The molecule has 2 rings (SSSR count). The summed E-state index contributed by atoms with van der Waals surface area (Å²) in [5.41, 5.74) is 7.95. The number of nitrogen functional groups attached to an aromatic ring is 1. The Balaban J connectivity index is 2.31. The Morgan fingerprint density at radius 3 is 2.76 bits per heavy atom. The fraction of sp³-hybridized carbons (Fsp3) is 0.0909. The largest absolute Gasteiger partial charge is 0.394 e. The van der Waals surface area contributed by atoms with Crippen LogP contribution in [-0.4, -0.2) is 9.97 Å². The first kappa shape index (κ1) is 12.0. The Hall–Kier alpha value is -1.52. The van der Waals surface area contributed by atoms with E-state index in [0.717, 1.165) is 11.3 Å². The van der Waals surface area contributed by atoms with E-state index in [1.165, 1.54) is 6.20 Å². The maximum Gasteiger partial charge on any atom is 0.224 e. The molecule has 17 heavy (non-hydrogen) atoms. The van der Waals surface area contributed by atoms with Crippen LogP contribution >= 0.6 is 23.2 Å². The number of benzene rings is 1. The van der Waals surface area contributed by atoms with Gasteiger partial charge in [0.2, 0.25) is 5.28 Å². The van der Waals surface area contributed by atoms with Crippen molar-refractivity contribution in [3.8, 4) is 0 Å². The number of aryl methyl sites for hydroxylation is 1. The Kier molecular flexibility index (Phi) is 3.36. The number of hydrogen-bond acceptors (Lipinski definition) is 4. The highest BCUT2D eigenvalue weighted by atomic mass is 35.5. The lowest BCUT2D eigenvalue weighted by Crippen LogP contribution is -2.00. The normalized spacial score (nSPS) is 10.3. The van der Waals surface area contributed by atoms with E-state index in [0.29, 0.717) is 16.5 Å². The molecule has 1 aromatic carbocycles. The minimum Gasteiger partial charge on any atom is -0.394 e. The van der Waals surface area contributed by atoms with Crippen LogP contribution in [-0.2, 0) is 0 Å². The van der Waals surface area contributed by atoms with Crippen LogP contribution in [0, 0.1) is 6.92 Å². The third kappa shape index (κ3) is 2.78. The monoisotopic (exact) mass is 268 g/mol. The van der Waals surface area contributed by atoms with Crippen molar-refractivity contribution in [3.63, 3.8) is 0 Å². The molecule has 0 aliphatic rings. The van der Waals surface area contributed by atoms with Gasteiger partial charge in [-0.15, -0.1) is 0 Å². The molecule has 0 saturated heterocycles. The third-order valence-electron chi connectivity index (χ3n) is 2.22. The number of rotatable bonds is 2. The molecule has 0 saturated carbocycles. The Bertz CT molecular complexity index is 557. The second kappa shape index (κ2) is 4.77. The second-order valence-electron chi connectivity index (χ2n) is 3.53. The first-order valence-corrected chi connectivity index (χ1v) is 5.63. The van der Waals surface area contributed by atoms with Gasteiger partial charge in [-0.2, -0.15) is 4.98 Å². The van der Waals surface area contributed by atoms with E-state index in [1.54, 1.807) is 6.07 Å². The molecule has 0 bridgehead atoms. The summed E-state index contributed by atoms with van der Waals surface area (Å²) in [6.07, 6.45) is 1.45. The first-order chi connectivity index (χ1) is 8.06. The van der Waals surface area contributed by atoms with Gasteiger partial charge in [0.15, 0.2) is 5.82 Å². The minimum absolute atomic E-state index is 0.139. The summed E-state index contributed by atoms with van der Waals surface area (Å²) in [7, 11) is 0. The van der Waals surface area contributed by atoms with E-state index >= 15 is 0 Å². The summed E-state index contributed by atoms with van der Waals surface area (Å²) in [6, 6.07) is 5.59. The zero-order chi connectivity index (χ0) is 12.4. The Morgan fingerprint density at radius 1 is 1.29 bits per heavy atom. The smallest absolute Gasteiger partial charge is 0.224 e. The van der Waals surface area contributed by atoms with Gasteiger partial charge in [-0.25, -0.2) is 4.98 Å². The van der Waals surface area contributed by atoms with E-state index in [4.69, 9.17) is 28.9 Å². The fourth-order valence-electron chi connectivity index (χ4n) is 1.28. The topological polar surface area (TPSA) is 63.8 Å². The van der Waals surface area contributed by atoms with E-state index in [2.05, 4.69) is 15.3 Å². The molecule has 0 spiro atoms. The number of nitrogens with zero attached hydrogens (tertiary/aromatic N) is 2. The molecule has 1 aromatic heterocycles. The summed E-state index contributed by atoms with van der Waals surface area (Å²) >= 11 is 11.7. The molecule has 3 N–H and O–H groups in total. The highest BCUT2D eigenvalue weighted by Gasteiger charge is 2.04. The third-order valence-corrected chi connectivity index (χ3v) is 2.81. The second-order valence-corrected chi connectivity index (χ2v) is 4.28. The standard InChI is InChI=1S/C11H10Cl2N4/c1-6-2-3-7(4-8(6)12)16-10-9(14)5-15-11(13)17-10/h2-5H,14H2,1H3,(H,15,16,17). The number of nitrogens with one attached hydrogen (secondary N) is 1. The molecule has 88 valence electrons. The zero-order valence-corrected chi connectivity index (χ0v) is 10.5. The first-order valence-electron chi connectivity index (χ1n) is 4.87. The molecule has 0 radical (unpaired) electrons. The van der Waals surface area contributed by atoms with Gasteiger partial charge in [0.05, 0.1) is 11.9 Å². The highest BCUT2D eigenvalue weighted by Crippen LogP contribution is 2.25. The molecule has 0 amide bonds. The fourth-order valence-corrected chi connectivity index (χ4v) is 1.59. The average Bonchev–Trinajstić information content (AvgIpc) is 2.29. The molecule has 1 heterocycles. The van der Waals surface area contributed by atoms with Crippen molar-refractivity contribution in [2.24, 2.45) is 0 Å². The van der Waals surface area contributed by atoms with Gasteiger partial charge in [0, 0.05) is 10.7 Å². The zero-order valence-electron chi connectivity index (χ0n) is 9.04. The predicted molar refractivity (Wildman–Crippen MR) is 70.9 cm³/mol. The average molecular weight is 269 g/mol. The SMILES string of the molecule is Cc1ccc(Nc2nc(Cl)ncc2N)cc1Cl. The highest BCUT2D eigenvalue weighted by molar-refractivity contribution is 6.31. The summed E-state index contributed by atoms with van der Waals surface area (Å²) in [6.45, 7) is 1.93. The van der Waals surface area contributed by atoms with E-state index in [1.807, 2.05) is 19.1 Å². The van der Waals surface area contributed by atoms with Gasteiger partial charge in [0.25, 0.3) is 0 Å². The van der Waals surface area contributed by atoms with Crippen LogP contribution in [0.1, 0.15) is 5.56 Å². The van der Waals surface area contributed by atoms with Crippen LogP contribution in [0.4, 0.5) is 17.2 Å². The van der Waals surface area contributed by atoms with Crippen LogP contribution in [0.15, 0.2) is 24.4 Å². The molecular formula is C11H10Cl2N4. The van der Waals surface area contributed by atoms with Gasteiger partial charge in [-0.3, -0.25) is 0 Å². The summed E-state index contributed by atoms with van der Waals surface area (Å²) in [4.78, 5) is 7.77. The number of hydrogen-bond donors (Lipinski definition) is 2.